The Bertz CT molecular complexity index is 328. The van der Waals surface area contributed by atoms with Crippen LogP contribution in [-0.2, 0) is 0 Å². The molecule has 1 N–H and O–H groups in total. The number of aliphatic hydroxyl groups is 1. The van der Waals surface area contributed by atoms with E-state index < -0.39 is 0 Å². The predicted octanol–water partition coefficient (Wildman–Crippen LogP) is 3.70. The highest BCUT2D eigenvalue weighted by atomic mass is 32.1. The highest BCUT2D eigenvalue weighted by Gasteiger charge is 2.27. The van der Waals surface area contributed by atoms with Crippen LogP contribution in [0.1, 0.15) is 55.0 Å². The van der Waals surface area contributed by atoms with Gasteiger partial charge in [0.05, 0.1) is 16.0 Å². The number of nitrogens with zero attached hydrogens (tertiary/aromatic N) is 1. The second kappa shape index (κ2) is 5.28. The minimum atomic E-state index is -0.274. The minimum Gasteiger partial charge on any atom is -0.387 e. The second-order valence-corrected chi connectivity index (χ2v) is 6.18. The topological polar surface area (TPSA) is 33.1 Å². The fourth-order valence-electron chi connectivity index (χ4n) is 2.66. The maximum Gasteiger partial charge on any atom is 0.0926 e. The van der Waals surface area contributed by atoms with Gasteiger partial charge < -0.3 is 5.11 Å². The molecular formula is C13H21NOS. The first-order chi connectivity index (χ1) is 7.70. The SMILES string of the molecule is CCC1CCC(C(O)c2cnc(C)s2)CC1. The van der Waals surface area contributed by atoms with E-state index in [4.69, 9.17) is 0 Å². The van der Waals surface area contributed by atoms with Crippen LogP contribution in [0.15, 0.2) is 6.20 Å². The molecule has 0 radical (unpaired) electrons. The number of hydrogen-bond acceptors (Lipinski definition) is 3. The summed E-state index contributed by atoms with van der Waals surface area (Å²) in [7, 11) is 0. The zero-order valence-corrected chi connectivity index (χ0v) is 11.0. The van der Waals surface area contributed by atoms with Crippen molar-refractivity contribution in [1.82, 2.24) is 4.98 Å². The monoisotopic (exact) mass is 239 g/mol. The lowest BCUT2D eigenvalue weighted by atomic mass is 9.78. The summed E-state index contributed by atoms with van der Waals surface area (Å²) in [6.07, 6.45) is 7.79. The van der Waals surface area contributed by atoms with E-state index in [0.717, 1.165) is 15.8 Å². The van der Waals surface area contributed by atoms with Crippen LogP contribution in [0.25, 0.3) is 0 Å². The summed E-state index contributed by atoms with van der Waals surface area (Å²) in [6.45, 7) is 4.27. The normalized spacial score (nSPS) is 27.9. The maximum atomic E-state index is 10.3. The van der Waals surface area contributed by atoms with Gasteiger partial charge >= 0.3 is 0 Å². The molecular weight excluding hydrogens is 218 g/mol. The molecule has 16 heavy (non-hydrogen) atoms. The summed E-state index contributed by atoms with van der Waals surface area (Å²) >= 11 is 1.63. The summed E-state index contributed by atoms with van der Waals surface area (Å²) in [5, 5.41) is 11.3. The molecule has 0 bridgehead atoms. The highest BCUT2D eigenvalue weighted by molar-refractivity contribution is 7.11. The predicted molar refractivity (Wildman–Crippen MR) is 67.5 cm³/mol. The van der Waals surface area contributed by atoms with Gasteiger partial charge in [-0.2, -0.15) is 0 Å². The van der Waals surface area contributed by atoms with Crippen LogP contribution >= 0.6 is 11.3 Å². The molecule has 1 saturated carbocycles. The van der Waals surface area contributed by atoms with Gasteiger partial charge in [0.25, 0.3) is 0 Å². The number of aliphatic hydroxyl groups excluding tert-OH is 1. The third kappa shape index (κ3) is 2.64. The molecule has 1 aliphatic carbocycles. The molecule has 1 heterocycles. The molecule has 2 nitrogen and oxygen atoms in total. The lowest BCUT2D eigenvalue weighted by Gasteiger charge is -2.30. The number of aryl methyl sites for hydroxylation is 1. The van der Waals surface area contributed by atoms with Gasteiger partial charge in [0.2, 0.25) is 0 Å². The molecule has 3 heteroatoms. The Labute approximate surface area is 102 Å². The summed E-state index contributed by atoms with van der Waals surface area (Å²) < 4.78 is 0. The van der Waals surface area contributed by atoms with Crippen molar-refractivity contribution in [1.29, 1.82) is 0 Å². The summed E-state index contributed by atoms with van der Waals surface area (Å²) in [4.78, 5) is 5.28. The van der Waals surface area contributed by atoms with E-state index in [2.05, 4.69) is 11.9 Å². The van der Waals surface area contributed by atoms with Gasteiger partial charge in [0, 0.05) is 6.20 Å². The average molecular weight is 239 g/mol. The van der Waals surface area contributed by atoms with Gasteiger partial charge in [-0.15, -0.1) is 11.3 Å². The van der Waals surface area contributed by atoms with Crippen molar-refractivity contribution in [2.45, 2.75) is 52.1 Å². The molecule has 1 aromatic rings. The van der Waals surface area contributed by atoms with Gasteiger partial charge in [-0.3, -0.25) is 0 Å². The summed E-state index contributed by atoms with van der Waals surface area (Å²) in [5.74, 6) is 1.36. The number of hydrogen-bond donors (Lipinski definition) is 1. The third-order valence-corrected chi connectivity index (χ3v) is 4.83. The van der Waals surface area contributed by atoms with E-state index in [9.17, 15) is 5.11 Å². The second-order valence-electron chi connectivity index (χ2n) is 4.92. The van der Waals surface area contributed by atoms with Gasteiger partial charge in [-0.1, -0.05) is 26.2 Å². The first kappa shape index (κ1) is 12.1. The molecule has 1 aromatic heterocycles. The van der Waals surface area contributed by atoms with E-state index >= 15 is 0 Å². The molecule has 0 aromatic carbocycles. The Morgan fingerprint density at radius 3 is 2.62 bits per heavy atom. The molecule has 0 saturated heterocycles. The van der Waals surface area contributed by atoms with Crippen molar-refractivity contribution in [3.05, 3.63) is 16.1 Å². The molecule has 1 aliphatic rings. The average Bonchev–Trinajstić information content (AvgIpc) is 2.75. The number of rotatable bonds is 3. The van der Waals surface area contributed by atoms with Gasteiger partial charge in [-0.05, 0) is 31.6 Å². The van der Waals surface area contributed by atoms with E-state index in [1.54, 1.807) is 11.3 Å². The zero-order chi connectivity index (χ0) is 11.5. The van der Waals surface area contributed by atoms with E-state index in [0.29, 0.717) is 5.92 Å². The summed E-state index contributed by atoms with van der Waals surface area (Å²) in [6, 6.07) is 0. The van der Waals surface area contributed by atoms with Crippen LogP contribution in [0.3, 0.4) is 0 Å². The Morgan fingerprint density at radius 1 is 1.44 bits per heavy atom. The molecule has 1 fully saturated rings. The highest BCUT2D eigenvalue weighted by Crippen LogP contribution is 2.39. The van der Waals surface area contributed by atoms with E-state index in [1.807, 2.05) is 13.1 Å². The van der Waals surface area contributed by atoms with Crippen molar-refractivity contribution in [3.63, 3.8) is 0 Å². The molecule has 0 amide bonds. The third-order valence-electron chi connectivity index (χ3n) is 3.85. The van der Waals surface area contributed by atoms with Crippen LogP contribution in [0, 0.1) is 18.8 Å². The lowest BCUT2D eigenvalue weighted by molar-refractivity contribution is 0.0756. The molecule has 1 unspecified atom stereocenters. The van der Waals surface area contributed by atoms with Gasteiger partial charge in [0.1, 0.15) is 0 Å². The van der Waals surface area contributed by atoms with Crippen LogP contribution in [0.4, 0.5) is 0 Å². The van der Waals surface area contributed by atoms with Crippen LogP contribution < -0.4 is 0 Å². The van der Waals surface area contributed by atoms with Crippen LogP contribution in [-0.4, -0.2) is 10.1 Å². The Hall–Kier alpha value is -0.410. The lowest BCUT2D eigenvalue weighted by Crippen LogP contribution is -2.19. The summed E-state index contributed by atoms with van der Waals surface area (Å²) in [5.41, 5.74) is 0. The maximum absolute atomic E-state index is 10.3. The first-order valence-electron chi connectivity index (χ1n) is 6.31. The molecule has 0 spiro atoms. The van der Waals surface area contributed by atoms with Crippen molar-refractivity contribution in [2.24, 2.45) is 11.8 Å². The van der Waals surface area contributed by atoms with E-state index in [-0.39, 0.29) is 6.10 Å². The van der Waals surface area contributed by atoms with Crippen molar-refractivity contribution < 1.29 is 5.11 Å². The quantitative estimate of drug-likeness (QED) is 0.872. The van der Waals surface area contributed by atoms with Gasteiger partial charge in [-0.25, -0.2) is 4.98 Å². The first-order valence-corrected chi connectivity index (χ1v) is 7.12. The van der Waals surface area contributed by atoms with Crippen LogP contribution in [0.5, 0.6) is 0 Å². The number of aromatic nitrogens is 1. The molecule has 0 aliphatic heterocycles. The smallest absolute Gasteiger partial charge is 0.0926 e. The van der Waals surface area contributed by atoms with Crippen molar-refractivity contribution in [3.8, 4) is 0 Å². The Morgan fingerprint density at radius 2 is 2.12 bits per heavy atom. The van der Waals surface area contributed by atoms with Crippen molar-refractivity contribution >= 4 is 11.3 Å². The van der Waals surface area contributed by atoms with Crippen LogP contribution in [0.2, 0.25) is 0 Å². The minimum absolute atomic E-state index is 0.274. The molecule has 1 atom stereocenters. The van der Waals surface area contributed by atoms with Crippen molar-refractivity contribution in [2.75, 3.05) is 0 Å². The fraction of sp³-hybridized carbons (Fsp3) is 0.769. The van der Waals surface area contributed by atoms with E-state index in [1.165, 1.54) is 32.1 Å². The van der Waals surface area contributed by atoms with Gasteiger partial charge in [0.15, 0.2) is 0 Å². The molecule has 2 rings (SSSR count). The largest absolute Gasteiger partial charge is 0.387 e. The Kier molecular flexibility index (Phi) is 3.98. The fourth-order valence-corrected chi connectivity index (χ4v) is 3.52. The standard InChI is InChI=1S/C13H21NOS/c1-3-10-4-6-11(7-5-10)13(15)12-8-14-9(2)16-12/h8,10-11,13,15H,3-7H2,1-2H3. The Balaban J connectivity index is 1.93. The zero-order valence-electron chi connectivity index (χ0n) is 10.1. The number of thiazole rings is 1. The molecule has 90 valence electrons.